The van der Waals surface area contributed by atoms with Crippen LogP contribution in [-0.2, 0) is 0 Å². The summed E-state index contributed by atoms with van der Waals surface area (Å²) < 4.78 is 29.7. The Bertz CT molecular complexity index is 400. The number of aromatic nitrogens is 1. The number of methoxy groups -OCH3 is 1. The van der Waals surface area contributed by atoms with Gasteiger partial charge in [-0.25, -0.2) is 13.8 Å². The highest BCUT2D eigenvalue weighted by Crippen LogP contribution is 2.38. The van der Waals surface area contributed by atoms with E-state index in [1.165, 1.54) is 7.11 Å². The second-order valence-corrected chi connectivity index (χ2v) is 3.47. The molecule has 0 saturated heterocycles. The van der Waals surface area contributed by atoms with Crippen molar-refractivity contribution in [1.82, 2.24) is 4.98 Å². The summed E-state index contributed by atoms with van der Waals surface area (Å²) in [4.78, 5) is 13.3. The van der Waals surface area contributed by atoms with E-state index in [1.54, 1.807) is 22.6 Å². The average molecular weight is 330 g/mol. The molecule has 0 fully saturated rings. The predicted octanol–water partition coefficient (Wildman–Crippen LogP) is 2.54. The van der Waals surface area contributed by atoms with Crippen LogP contribution >= 0.6 is 22.6 Å². The van der Waals surface area contributed by atoms with Crippen LogP contribution in [0.15, 0.2) is 6.20 Å². The Labute approximate surface area is 96.7 Å². The standard InChI is InChI=1S/C7H5F2IN2O3/c1-15-5-4(12(13)14)3(6(8)9)2-11-7(5)10/h2,6H,1H3. The Morgan fingerprint density at radius 1 is 1.67 bits per heavy atom. The topological polar surface area (TPSA) is 65.3 Å². The Morgan fingerprint density at radius 2 is 2.27 bits per heavy atom. The van der Waals surface area contributed by atoms with Crippen molar-refractivity contribution >= 4 is 28.3 Å². The third-order valence-corrected chi connectivity index (χ3v) is 2.38. The minimum Gasteiger partial charge on any atom is -0.488 e. The van der Waals surface area contributed by atoms with Gasteiger partial charge in [0.05, 0.1) is 12.0 Å². The monoisotopic (exact) mass is 330 g/mol. The van der Waals surface area contributed by atoms with Crippen molar-refractivity contribution < 1.29 is 18.4 Å². The summed E-state index contributed by atoms with van der Waals surface area (Å²) in [6.45, 7) is 0. The first kappa shape index (κ1) is 12.0. The van der Waals surface area contributed by atoms with Crippen LogP contribution in [0.4, 0.5) is 14.5 Å². The molecule has 0 aliphatic heterocycles. The van der Waals surface area contributed by atoms with Gasteiger partial charge in [0.25, 0.3) is 6.43 Å². The fourth-order valence-electron chi connectivity index (χ4n) is 1.00. The van der Waals surface area contributed by atoms with E-state index in [2.05, 4.69) is 9.72 Å². The molecule has 5 nitrogen and oxygen atoms in total. The number of halogens is 3. The minimum absolute atomic E-state index is 0.172. The first-order valence-electron chi connectivity index (χ1n) is 3.64. The molecule has 0 radical (unpaired) electrons. The molecule has 1 rings (SSSR count). The van der Waals surface area contributed by atoms with Crippen LogP contribution in [0.25, 0.3) is 0 Å². The largest absolute Gasteiger partial charge is 0.488 e. The van der Waals surface area contributed by atoms with Crippen molar-refractivity contribution in [3.63, 3.8) is 0 Å². The molecule has 0 atom stereocenters. The van der Waals surface area contributed by atoms with Crippen molar-refractivity contribution in [2.45, 2.75) is 6.43 Å². The Hall–Kier alpha value is -1.06. The Kier molecular flexibility index (Phi) is 3.72. The van der Waals surface area contributed by atoms with Gasteiger partial charge in [-0.1, -0.05) is 0 Å². The van der Waals surface area contributed by atoms with E-state index in [-0.39, 0.29) is 9.45 Å². The quantitative estimate of drug-likeness (QED) is 0.370. The number of nitro groups is 1. The van der Waals surface area contributed by atoms with Gasteiger partial charge in [0.1, 0.15) is 9.26 Å². The van der Waals surface area contributed by atoms with Crippen LogP contribution in [0, 0.1) is 13.8 Å². The number of hydrogen-bond donors (Lipinski definition) is 0. The molecule has 0 aliphatic carbocycles. The lowest BCUT2D eigenvalue weighted by molar-refractivity contribution is -0.387. The van der Waals surface area contributed by atoms with Gasteiger partial charge in [-0.3, -0.25) is 10.1 Å². The Balaban J connectivity index is 3.49. The molecule has 0 aromatic carbocycles. The summed E-state index contributed by atoms with van der Waals surface area (Å²) in [6, 6.07) is 0. The van der Waals surface area contributed by atoms with Crippen molar-refractivity contribution in [1.29, 1.82) is 0 Å². The molecule has 0 saturated carbocycles. The molecule has 0 spiro atoms. The third-order valence-electron chi connectivity index (χ3n) is 1.61. The first-order chi connectivity index (χ1) is 6.99. The zero-order chi connectivity index (χ0) is 11.6. The van der Waals surface area contributed by atoms with Crippen molar-refractivity contribution in [3.8, 4) is 5.75 Å². The van der Waals surface area contributed by atoms with E-state index in [1.807, 2.05) is 0 Å². The van der Waals surface area contributed by atoms with Crippen LogP contribution < -0.4 is 4.74 Å². The molecule has 0 amide bonds. The van der Waals surface area contributed by atoms with Crippen molar-refractivity contribution in [2.24, 2.45) is 0 Å². The molecule has 1 heterocycles. The van der Waals surface area contributed by atoms with Gasteiger partial charge < -0.3 is 4.74 Å². The second-order valence-electron chi connectivity index (χ2n) is 2.44. The van der Waals surface area contributed by atoms with Gasteiger partial charge in [0.15, 0.2) is 0 Å². The van der Waals surface area contributed by atoms with Crippen LogP contribution in [0.3, 0.4) is 0 Å². The smallest absolute Gasteiger partial charge is 0.324 e. The van der Waals surface area contributed by atoms with Gasteiger partial charge in [-0.2, -0.15) is 0 Å². The highest BCUT2D eigenvalue weighted by Gasteiger charge is 2.29. The van der Waals surface area contributed by atoms with Gasteiger partial charge in [0, 0.05) is 6.20 Å². The van der Waals surface area contributed by atoms with E-state index in [0.717, 1.165) is 6.20 Å². The molecule has 1 aromatic rings. The fourth-order valence-corrected chi connectivity index (χ4v) is 1.62. The molecule has 1 aromatic heterocycles. The number of nitrogens with zero attached hydrogens (tertiary/aromatic N) is 2. The van der Waals surface area contributed by atoms with E-state index in [4.69, 9.17) is 0 Å². The van der Waals surface area contributed by atoms with Crippen molar-refractivity contribution in [2.75, 3.05) is 7.11 Å². The molecule has 0 N–H and O–H groups in total. The molecular weight excluding hydrogens is 325 g/mol. The SMILES string of the molecule is COc1c(I)ncc(C(F)F)c1[N+](=O)[O-]. The Morgan fingerprint density at radius 3 is 2.67 bits per heavy atom. The summed E-state index contributed by atoms with van der Waals surface area (Å²) >= 11 is 1.67. The normalized spacial score (nSPS) is 10.5. The molecule has 0 unspecified atom stereocenters. The number of hydrogen-bond acceptors (Lipinski definition) is 4. The van der Waals surface area contributed by atoms with Gasteiger partial charge in [-0.05, 0) is 22.6 Å². The van der Waals surface area contributed by atoms with Crippen molar-refractivity contribution in [3.05, 3.63) is 25.6 Å². The van der Waals surface area contributed by atoms with E-state index >= 15 is 0 Å². The molecule has 8 heteroatoms. The molecule has 0 aliphatic rings. The summed E-state index contributed by atoms with van der Waals surface area (Å²) in [6.07, 6.45) is -2.17. The molecule has 15 heavy (non-hydrogen) atoms. The van der Waals surface area contributed by atoms with Gasteiger partial charge in [0.2, 0.25) is 5.75 Å². The maximum atomic E-state index is 12.4. The summed E-state index contributed by atoms with van der Waals surface area (Å²) in [5.41, 5.74) is -1.47. The zero-order valence-electron chi connectivity index (χ0n) is 7.41. The van der Waals surface area contributed by atoms with Crippen LogP contribution in [-0.4, -0.2) is 17.0 Å². The number of ether oxygens (including phenoxy) is 1. The highest BCUT2D eigenvalue weighted by molar-refractivity contribution is 14.1. The molecule has 0 bridgehead atoms. The maximum Gasteiger partial charge on any atom is 0.324 e. The van der Waals surface area contributed by atoms with Gasteiger partial charge >= 0.3 is 5.69 Å². The number of alkyl halides is 2. The number of rotatable bonds is 3. The lowest BCUT2D eigenvalue weighted by Gasteiger charge is -2.07. The minimum atomic E-state index is -2.95. The predicted molar refractivity (Wildman–Crippen MR) is 55.1 cm³/mol. The van der Waals surface area contributed by atoms with Gasteiger partial charge in [-0.15, -0.1) is 0 Å². The van der Waals surface area contributed by atoms with E-state index in [9.17, 15) is 18.9 Å². The first-order valence-corrected chi connectivity index (χ1v) is 4.71. The second kappa shape index (κ2) is 4.64. The van der Waals surface area contributed by atoms with Crippen LogP contribution in [0.1, 0.15) is 12.0 Å². The fraction of sp³-hybridized carbons (Fsp3) is 0.286. The van der Waals surface area contributed by atoms with Crippen LogP contribution in [0.5, 0.6) is 5.75 Å². The lowest BCUT2D eigenvalue weighted by atomic mass is 10.2. The highest BCUT2D eigenvalue weighted by atomic mass is 127. The van der Waals surface area contributed by atoms with E-state index in [0.29, 0.717) is 0 Å². The molecule has 82 valence electrons. The summed E-state index contributed by atoms with van der Waals surface area (Å²) in [7, 11) is 1.17. The lowest BCUT2D eigenvalue weighted by Crippen LogP contribution is -2.03. The summed E-state index contributed by atoms with van der Waals surface area (Å²) in [5, 5.41) is 10.6. The third kappa shape index (κ3) is 2.30. The van der Waals surface area contributed by atoms with Crippen LogP contribution in [0.2, 0.25) is 0 Å². The molecular formula is C7H5F2IN2O3. The zero-order valence-corrected chi connectivity index (χ0v) is 9.57. The summed E-state index contributed by atoms with van der Waals surface area (Å²) in [5.74, 6) is -0.238. The number of pyridine rings is 1. The average Bonchev–Trinajstić information content (AvgIpc) is 2.16. The maximum absolute atomic E-state index is 12.4. The van der Waals surface area contributed by atoms with E-state index < -0.39 is 22.6 Å².